The zero-order valence-electron chi connectivity index (χ0n) is 22.4. The summed E-state index contributed by atoms with van der Waals surface area (Å²) in [5.41, 5.74) is 4.04. The van der Waals surface area contributed by atoms with Crippen LogP contribution in [0.2, 0.25) is 0 Å². The van der Waals surface area contributed by atoms with Gasteiger partial charge in [0.05, 0.1) is 17.0 Å². The SMILES string of the molecule is COC1C2c3ccccc3-c3c(C4CCCCC4)c4ccc(C(=O)NS(=O)(=O)C(C)C)cc4n3CC12C(=O)O. The van der Waals surface area contributed by atoms with Crippen LogP contribution in [0.1, 0.15) is 79.3 Å². The molecule has 0 saturated heterocycles. The number of amides is 1. The van der Waals surface area contributed by atoms with Crippen molar-refractivity contribution in [3.05, 3.63) is 59.2 Å². The summed E-state index contributed by atoms with van der Waals surface area (Å²) in [6.07, 6.45) is 5.12. The summed E-state index contributed by atoms with van der Waals surface area (Å²) in [6, 6.07) is 13.3. The van der Waals surface area contributed by atoms with Gasteiger partial charge in [0, 0.05) is 41.6 Å². The van der Waals surface area contributed by atoms with E-state index in [9.17, 15) is 23.1 Å². The van der Waals surface area contributed by atoms with Crippen LogP contribution in [0, 0.1) is 5.41 Å². The third kappa shape index (κ3) is 3.84. The first-order valence-corrected chi connectivity index (χ1v) is 15.2. The lowest BCUT2D eigenvalue weighted by molar-refractivity contribution is -0.145. The second kappa shape index (κ2) is 9.20. The van der Waals surface area contributed by atoms with E-state index in [0.717, 1.165) is 53.4 Å². The standard InChI is InChI=1S/C30H34N2O6S/c1-17(2)39(36,37)31-28(33)19-13-14-22-23(15-19)32-16-30(29(34)35)25(27(30)38-3)20-11-7-8-12-21(20)26(32)24(22)18-9-5-4-6-10-18/h7-8,11-15,17-18,25,27H,4-6,9-10,16H2,1-3H3,(H,31,33)(H,34,35). The number of fused-ring (bicyclic) bond motifs is 7. The van der Waals surface area contributed by atoms with Gasteiger partial charge in [-0.1, -0.05) is 49.6 Å². The molecule has 3 aromatic rings. The molecule has 39 heavy (non-hydrogen) atoms. The number of rotatable bonds is 6. The number of benzene rings is 2. The van der Waals surface area contributed by atoms with Crippen molar-refractivity contribution in [3.63, 3.8) is 0 Å². The number of aliphatic carboxylic acids is 1. The molecule has 0 spiro atoms. The molecule has 6 rings (SSSR count). The predicted octanol–water partition coefficient (Wildman–Crippen LogP) is 5.02. The van der Waals surface area contributed by atoms with Crippen LogP contribution in [0.3, 0.4) is 0 Å². The fraction of sp³-hybridized carbons (Fsp3) is 0.467. The van der Waals surface area contributed by atoms with Gasteiger partial charge in [-0.15, -0.1) is 0 Å². The Bertz CT molecular complexity index is 1600. The Morgan fingerprint density at radius 2 is 1.82 bits per heavy atom. The normalized spacial score (nSPS) is 24.5. The van der Waals surface area contributed by atoms with Gasteiger partial charge in [0.2, 0.25) is 10.0 Å². The number of carboxylic acids is 1. The van der Waals surface area contributed by atoms with Gasteiger partial charge in [0.25, 0.3) is 5.91 Å². The average molecular weight is 551 g/mol. The Hall–Kier alpha value is -3.17. The zero-order valence-corrected chi connectivity index (χ0v) is 23.3. The Labute approximate surface area is 228 Å². The van der Waals surface area contributed by atoms with E-state index in [1.807, 2.05) is 24.3 Å². The van der Waals surface area contributed by atoms with Crippen LogP contribution in [0.5, 0.6) is 0 Å². The highest BCUT2D eigenvalue weighted by molar-refractivity contribution is 7.90. The second-order valence-electron chi connectivity index (χ2n) is 11.5. The number of carbonyl (C=O) groups is 2. The highest BCUT2D eigenvalue weighted by atomic mass is 32.2. The largest absolute Gasteiger partial charge is 0.481 e. The highest BCUT2D eigenvalue weighted by Gasteiger charge is 2.73. The molecule has 2 N–H and O–H groups in total. The summed E-state index contributed by atoms with van der Waals surface area (Å²) in [5.74, 6) is -1.56. The van der Waals surface area contributed by atoms with Crippen molar-refractivity contribution in [3.8, 4) is 11.3 Å². The molecule has 206 valence electrons. The smallest absolute Gasteiger partial charge is 0.314 e. The maximum absolute atomic E-state index is 13.1. The van der Waals surface area contributed by atoms with Crippen LogP contribution in [0.4, 0.5) is 0 Å². The molecule has 2 aromatic carbocycles. The van der Waals surface area contributed by atoms with Crippen LogP contribution in [0.15, 0.2) is 42.5 Å². The number of nitrogens with one attached hydrogen (secondary N) is 1. The number of hydrogen-bond acceptors (Lipinski definition) is 5. The Balaban J connectivity index is 1.61. The number of aromatic nitrogens is 1. The molecular formula is C30H34N2O6S. The molecule has 3 aliphatic rings. The number of nitrogens with zero attached hydrogens (tertiary/aromatic N) is 1. The number of sulfonamides is 1. The Kier molecular flexibility index (Phi) is 6.15. The lowest BCUT2D eigenvalue weighted by atomic mass is 9.81. The zero-order chi connectivity index (χ0) is 27.7. The minimum atomic E-state index is -3.81. The van der Waals surface area contributed by atoms with Crippen LogP contribution in [-0.4, -0.2) is 48.4 Å². The van der Waals surface area contributed by atoms with E-state index < -0.39 is 38.7 Å². The molecule has 3 unspecified atom stereocenters. The maximum Gasteiger partial charge on any atom is 0.314 e. The van der Waals surface area contributed by atoms with Gasteiger partial charge >= 0.3 is 5.97 Å². The van der Waals surface area contributed by atoms with Crippen molar-refractivity contribution in [1.29, 1.82) is 0 Å². The van der Waals surface area contributed by atoms with Crippen molar-refractivity contribution < 1.29 is 27.9 Å². The Morgan fingerprint density at radius 3 is 2.49 bits per heavy atom. The van der Waals surface area contributed by atoms with Crippen molar-refractivity contribution in [2.24, 2.45) is 5.41 Å². The Morgan fingerprint density at radius 1 is 1.10 bits per heavy atom. The fourth-order valence-corrected chi connectivity index (χ4v) is 7.64. The number of methoxy groups -OCH3 is 1. The summed E-state index contributed by atoms with van der Waals surface area (Å²) in [4.78, 5) is 26.0. The van der Waals surface area contributed by atoms with Crippen molar-refractivity contribution in [1.82, 2.24) is 9.29 Å². The molecule has 8 nitrogen and oxygen atoms in total. The molecule has 1 aliphatic heterocycles. The minimum Gasteiger partial charge on any atom is -0.481 e. The highest BCUT2D eigenvalue weighted by Crippen LogP contribution is 2.66. The van der Waals surface area contributed by atoms with Crippen molar-refractivity contribution >= 4 is 32.8 Å². The molecule has 0 radical (unpaired) electrons. The number of carbonyl (C=O) groups excluding carboxylic acids is 1. The van der Waals surface area contributed by atoms with Gasteiger partial charge in [0.15, 0.2) is 0 Å². The van der Waals surface area contributed by atoms with Crippen molar-refractivity contribution in [2.75, 3.05) is 7.11 Å². The first kappa shape index (κ1) is 26.1. The molecule has 1 amide bonds. The molecule has 2 fully saturated rings. The lowest BCUT2D eigenvalue weighted by Gasteiger charge is -2.24. The van der Waals surface area contributed by atoms with Gasteiger partial charge in [-0.25, -0.2) is 13.1 Å². The van der Waals surface area contributed by atoms with E-state index >= 15 is 0 Å². The van der Waals surface area contributed by atoms with Gasteiger partial charge in [-0.3, -0.25) is 9.59 Å². The molecule has 0 bridgehead atoms. The third-order valence-electron chi connectivity index (χ3n) is 9.11. The lowest BCUT2D eigenvalue weighted by Crippen LogP contribution is -2.35. The summed E-state index contributed by atoms with van der Waals surface area (Å²) >= 11 is 0. The molecule has 2 heterocycles. The average Bonchev–Trinajstić information content (AvgIpc) is 3.51. The van der Waals surface area contributed by atoms with E-state index in [-0.39, 0.29) is 18.0 Å². The predicted molar refractivity (Wildman–Crippen MR) is 148 cm³/mol. The molecule has 2 aliphatic carbocycles. The summed E-state index contributed by atoms with van der Waals surface area (Å²) in [5, 5.41) is 10.8. The van der Waals surface area contributed by atoms with Crippen LogP contribution >= 0.6 is 0 Å². The molecule has 1 aromatic heterocycles. The quantitative estimate of drug-likeness (QED) is 0.445. The second-order valence-corrected chi connectivity index (χ2v) is 13.7. The molecule has 2 saturated carbocycles. The minimum absolute atomic E-state index is 0.202. The van der Waals surface area contributed by atoms with Gasteiger partial charge < -0.3 is 14.4 Å². The summed E-state index contributed by atoms with van der Waals surface area (Å²) in [6.45, 7) is 3.24. The third-order valence-corrected chi connectivity index (χ3v) is 10.8. The van der Waals surface area contributed by atoms with Crippen LogP contribution < -0.4 is 4.72 Å². The topological polar surface area (TPSA) is 115 Å². The van der Waals surface area contributed by atoms with Crippen LogP contribution in [0.25, 0.3) is 22.2 Å². The molecule has 3 atom stereocenters. The summed E-state index contributed by atoms with van der Waals surface area (Å²) in [7, 11) is -2.25. The van der Waals surface area contributed by atoms with Crippen molar-refractivity contribution in [2.45, 2.75) is 75.7 Å². The first-order valence-electron chi connectivity index (χ1n) is 13.7. The van der Waals surface area contributed by atoms with E-state index in [1.54, 1.807) is 19.2 Å². The summed E-state index contributed by atoms with van der Waals surface area (Å²) < 4.78 is 34.8. The van der Waals surface area contributed by atoms with E-state index in [0.29, 0.717) is 5.92 Å². The monoisotopic (exact) mass is 550 g/mol. The number of ether oxygens (including phenoxy) is 1. The van der Waals surface area contributed by atoms with E-state index in [1.165, 1.54) is 25.8 Å². The van der Waals surface area contributed by atoms with Gasteiger partial charge in [-0.2, -0.15) is 0 Å². The van der Waals surface area contributed by atoms with Gasteiger partial charge in [-0.05, 0) is 55.9 Å². The fourth-order valence-electron chi connectivity index (χ4n) is 7.03. The van der Waals surface area contributed by atoms with E-state index in [4.69, 9.17) is 4.74 Å². The molecule has 9 heteroatoms. The molecular weight excluding hydrogens is 516 g/mol. The van der Waals surface area contributed by atoms with Gasteiger partial charge in [0.1, 0.15) is 5.41 Å². The number of hydrogen-bond donors (Lipinski definition) is 2. The maximum atomic E-state index is 13.1. The number of carboxylic acid groups (broad SMARTS) is 1. The van der Waals surface area contributed by atoms with Crippen LogP contribution in [-0.2, 0) is 26.1 Å². The van der Waals surface area contributed by atoms with E-state index in [2.05, 4.69) is 15.4 Å². The first-order chi connectivity index (χ1) is 18.6.